The van der Waals surface area contributed by atoms with Crippen LogP contribution in [0, 0.1) is 0 Å². The molecular weight excluding hydrogens is 355 g/mol. The third-order valence-corrected chi connectivity index (χ3v) is 5.35. The first kappa shape index (κ1) is 18.1. The quantitative estimate of drug-likeness (QED) is 0.504. The standard InChI is InChI=1S/C20H22Cl2N2O/c1-4-14(5-2)16-10-11-17(21)19-18(16)23-20(22)24(19)12-13-6-8-15(25-3)9-7-13/h6-11,14H,4-5,12H2,1-3H3. The van der Waals surface area contributed by atoms with Crippen LogP contribution in [-0.2, 0) is 6.54 Å². The SMILES string of the molecule is CCC(CC)c1ccc(Cl)c2c1nc(Cl)n2Cc1ccc(OC)cc1. The lowest BCUT2D eigenvalue weighted by molar-refractivity contribution is 0.414. The van der Waals surface area contributed by atoms with Crippen LogP contribution in [-0.4, -0.2) is 16.7 Å². The fraction of sp³-hybridized carbons (Fsp3) is 0.350. The molecule has 0 aliphatic rings. The molecule has 0 unspecified atom stereocenters. The molecule has 0 amide bonds. The van der Waals surface area contributed by atoms with Crippen LogP contribution in [0.3, 0.4) is 0 Å². The van der Waals surface area contributed by atoms with Gasteiger partial charge in [-0.05, 0) is 59.7 Å². The molecule has 3 aromatic rings. The second-order valence-corrected chi connectivity index (χ2v) is 6.91. The summed E-state index contributed by atoms with van der Waals surface area (Å²) in [5, 5.41) is 1.14. The molecule has 0 N–H and O–H groups in total. The molecule has 5 heteroatoms. The molecule has 0 fully saturated rings. The van der Waals surface area contributed by atoms with Gasteiger partial charge in [-0.2, -0.15) is 0 Å². The van der Waals surface area contributed by atoms with Crippen LogP contribution in [0.5, 0.6) is 5.75 Å². The second kappa shape index (κ2) is 7.67. The zero-order chi connectivity index (χ0) is 18.0. The number of ether oxygens (including phenoxy) is 1. The van der Waals surface area contributed by atoms with Gasteiger partial charge in [0, 0.05) is 0 Å². The number of rotatable bonds is 6. The molecule has 0 bridgehead atoms. The molecule has 132 valence electrons. The molecular formula is C20H22Cl2N2O. The van der Waals surface area contributed by atoms with Crippen LogP contribution in [0.15, 0.2) is 36.4 Å². The van der Waals surface area contributed by atoms with E-state index in [-0.39, 0.29) is 0 Å². The van der Waals surface area contributed by atoms with Gasteiger partial charge in [-0.3, -0.25) is 0 Å². The highest BCUT2D eigenvalue weighted by Crippen LogP contribution is 2.35. The van der Waals surface area contributed by atoms with Crippen molar-refractivity contribution in [2.45, 2.75) is 39.2 Å². The van der Waals surface area contributed by atoms with Crippen LogP contribution in [0.2, 0.25) is 10.3 Å². The molecule has 25 heavy (non-hydrogen) atoms. The molecule has 1 aromatic heterocycles. The van der Waals surface area contributed by atoms with Crippen molar-refractivity contribution in [1.82, 2.24) is 9.55 Å². The van der Waals surface area contributed by atoms with Crippen LogP contribution in [0.4, 0.5) is 0 Å². The molecule has 0 saturated carbocycles. The average molecular weight is 377 g/mol. The van der Waals surface area contributed by atoms with Gasteiger partial charge in [0.1, 0.15) is 5.75 Å². The highest BCUT2D eigenvalue weighted by molar-refractivity contribution is 6.36. The van der Waals surface area contributed by atoms with Crippen molar-refractivity contribution in [3.05, 3.63) is 57.8 Å². The number of aromatic nitrogens is 2. The summed E-state index contributed by atoms with van der Waals surface area (Å²) in [6.07, 6.45) is 2.13. The Hall–Kier alpha value is -1.71. The van der Waals surface area contributed by atoms with Gasteiger partial charge in [-0.1, -0.05) is 43.6 Å². The van der Waals surface area contributed by atoms with E-state index in [1.54, 1.807) is 7.11 Å². The Morgan fingerprint density at radius 2 is 1.72 bits per heavy atom. The Morgan fingerprint density at radius 1 is 1.04 bits per heavy atom. The van der Waals surface area contributed by atoms with Gasteiger partial charge in [-0.25, -0.2) is 4.98 Å². The molecule has 0 spiro atoms. The molecule has 3 rings (SSSR count). The zero-order valence-electron chi connectivity index (χ0n) is 14.7. The van der Waals surface area contributed by atoms with Gasteiger partial charge < -0.3 is 9.30 Å². The summed E-state index contributed by atoms with van der Waals surface area (Å²) in [6, 6.07) is 12.0. The normalized spacial score (nSPS) is 11.4. The lowest BCUT2D eigenvalue weighted by Crippen LogP contribution is -2.01. The van der Waals surface area contributed by atoms with Gasteiger partial charge in [0.05, 0.1) is 29.7 Å². The third kappa shape index (κ3) is 3.49. The molecule has 0 aliphatic carbocycles. The lowest BCUT2D eigenvalue weighted by Gasteiger charge is -2.14. The van der Waals surface area contributed by atoms with Crippen molar-refractivity contribution in [2.75, 3.05) is 7.11 Å². The Balaban J connectivity index is 2.08. The van der Waals surface area contributed by atoms with Crippen LogP contribution in [0.1, 0.15) is 43.7 Å². The van der Waals surface area contributed by atoms with Gasteiger partial charge in [0.25, 0.3) is 0 Å². The number of hydrogen-bond acceptors (Lipinski definition) is 2. The fourth-order valence-corrected chi connectivity index (χ4v) is 3.79. The van der Waals surface area contributed by atoms with E-state index in [4.69, 9.17) is 27.9 Å². The van der Waals surface area contributed by atoms with E-state index in [1.165, 1.54) is 5.56 Å². The Labute approximate surface area is 158 Å². The minimum absolute atomic E-state index is 0.458. The summed E-state index contributed by atoms with van der Waals surface area (Å²) in [5.41, 5.74) is 4.16. The number of methoxy groups -OCH3 is 1. The first-order chi connectivity index (χ1) is 12.1. The van der Waals surface area contributed by atoms with Crippen molar-refractivity contribution in [2.24, 2.45) is 0 Å². The number of fused-ring (bicyclic) bond motifs is 1. The van der Waals surface area contributed by atoms with E-state index in [1.807, 2.05) is 34.9 Å². The zero-order valence-corrected chi connectivity index (χ0v) is 16.2. The predicted octanol–water partition coefficient (Wildman–Crippen LogP) is 6.30. The predicted molar refractivity (Wildman–Crippen MR) is 105 cm³/mol. The van der Waals surface area contributed by atoms with Crippen LogP contribution in [0.25, 0.3) is 11.0 Å². The van der Waals surface area contributed by atoms with Gasteiger partial charge >= 0.3 is 0 Å². The number of benzene rings is 2. The Kier molecular flexibility index (Phi) is 5.55. The maximum atomic E-state index is 6.51. The molecule has 0 saturated heterocycles. The molecule has 0 atom stereocenters. The van der Waals surface area contributed by atoms with E-state index < -0.39 is 0 Å². The minimum atomic E-state index is 0.458. The van der Waals surface area contributed by atoms with Gasteiger partial charge in [-0.15, -0.1) is 0 Å². The van der Waals surface area contributed by atoms with Crippen LogP contribution < -0.4 is 4.74 Å². The lowest BCUT2D eigenvalue weighted by atomic mass is 9.93. The van der Waals surface area contributed by atoms with Crippen molar-refractivity contribution in [3.63, 3.8) is 0 Å². The average Bonchev–Trinajstić information content (AvgIpc) is 2.96. The third-order valence-electron chi connectivity index (χ3n) is 4.76. The van der Waals surface area contributed by atoms with Crippen molar-refractivity contribution in [3.8, 4) is 5.75 Å². The van der Waals surface area contributed by atoms with E-state index in [0.29, 0.717) is 22.8 Å². The van der Waals surface area contributed by atoms with Crippen molar-refractivity contribution >= 4 is 34.2 Å². The fourth-order valence-electron chi connectivity index (χ4n) is 3.31. The topological polar surface area (TPSA) is 27.1 Å². The molecule has 3 nitrogen and oxygen atoms in total. The molecule has 0 radical (unpaired) electrons. The first-order valence-electron chi connectivity index (χ1n) is 8.56. The summed E-state index contributed by atoms with van der Waals surface area (Å²) >= 11 is 13.0. The van der Waals surface area contributed by atoms with E-state index >= 15 is 0 Å². The number of hydrogen-bond donors (Lipinski definition) is 0. The minimum Gasteiger partial charge on any atom is -0.497 e. The summed E-state index contributed by atoms with van der Waals surface area (Å²) in [5.74, 6) is 1.29. The van der Waals surface area contributed by atoms with Crippen molar-refractivity contribution in [1.29, 1.82) is 0 Å². The Morgan fingerprint density at radius 3 is 2.32 bits per heavy atom. The highest BCUT2D eigenvalue weighted by Gasteiger charge is 2.19. The molecule has 2 aromatic carbocycles. The van der Waals surface area contributed by atoms with Crippen LogP contribution >= 0.6 is 23.2 Å². The number of halogens is 2. The molecule has 0 aliphatic heterocycles. The largest absolute Gasteiger partial charge is 0.497 e. The van der Waals surface area contributed by atoms with Gasteiger partial charge in [0.15, 0.2) is 0 Å². The highest BCUT2D eigenvalue weighted by atomic mass is 35.5. The van der Waals surface area contributed by atoms with Gasteiger partial charge in [0.2, 0.25) is 5.28 Å². The Bertz CT molecular complexity index is 868. The first-order valence-corrected chi connectivity index (χ1v) is 9.31. The second-order valence-electron chi connectivity index (χ2n) is 6.16. The van der Waals surface area contributed by atoms with E-state index in [0.717, 1.165) is 35.2 Å². The number of nitrogens with zero attached hydrogens (tertiary/aromatic N) is 2. The monoisotopic (exact) mass is 376 g/mol. The molecule has 1 heterocycles. The maximum absolute atomic E-state index is 6.51. The summed E-state index contributed by atoms with van der Waals surface area (Å²) < 4.78 is 7.20. The summed E-state index contributed by atoms with van der Waals surface area (Å²) in [6.45, 7) is 5.01. The van der Waals surface area contributed by atoms with Crippen molar-refractivity contribution < 1.29 is 4.74 Å². The smallest absolute Gasteiger partial charge is 0.204 e. The van der Waals surface area contributed by atoms with E-state index in [2.05, 4.69) is 24.9 Å². The summed E-state index contributed by atoms with van der Waals surface area (Å²) in [4.78, 5) is 4.64. The summed E-state index contributed by atoms with van der Waals surface area (Å²) in [7, 11) is 1.66. The van der Waals surface area contributed by atoms with E-state index in [9.17, 15) is 0 Å². The number of imidazole rings is 1. The maximum Gasteiger partial charge on any atom is 0.204 e.